The first-order valence-electron chi connectivity index (χ1n) is 4.14. The van der Waals surface area contributed by atoms with E-state index >= 15 is 0 Å². The Labute approximate surface area is 77.7 Å². The number of hydrogen-bond acceptors (Lipinski definition) is 2. The van der Waals surface area contributed by atoms with E-state index in [9.17, 15) is 9.59 Å². The predicted molar refractivity (Wildman–Crippen MR) is 48.5 cm³/mol. The van der Waals surface area contributed by atoms with Gasteiger partial charge in [0.25, 0.3) is 0 Å². The highest BCUT2D eigenvalue weighted by molar-refractivity contribution is 5.79. The van der Waals surface area contributed by atoms with Crippen LogP contribution in [-0.2, 0) is 4.79 Å². The zero-order valence-corrected chi connectivity index (χ0v) is 8.20. The summed E-state index contributed by atoms with van der Waals surface area (Å²) in [4.78, 5) is 22.7. The minimum atomic E-state index is -1.04. The SMILES string of the molecule is CC(C)CN(C)C(=O)NCC(=O)O. The average molecular weight is 188 g/mol. The van der Waals surface area contributed by atoms with Gasteiger partial charge in [0, 0.05) is 13.6 Å². The highest BCUT2D eigenvalue weighted by Crippen LogP contribution is 1.95. The van der Waals surface area contributed by atoms with Gasteiger partial charge in [-0.1, -0.05) is 13.8 Å². The van der Waals surface area contributed by atoms with Crippen molar-refractivity contribution in [1.82, 2.24) is 10.2 Å². The van der Waals surface area contributed by atoms with Crippen LogP contribution in [0.15, 0.2) is 0 Å². The molecular formula is C8H16N2O3. The van der Waals surface area contributed by atoms with E-state index in [4.69, 9.17) is 5.11 Å². The van der Waals surface area contributed by atoms with Gasteiger partial charge in [-0.3, -0.25) is 4.79 Å². The summed E-state index contributed by atoms with van der Waals surface area (Å²) in [5, 5.41) is 10.6. The Morgan fingerprint density at radius 3 is 2.38 bits per heavy atom. The summed E-state index contributed by atoms with van der Waals surface area (Å²) in [5.41, 5.74) is 0. The number of carbonyl (C=O) groups is 2. The number of nitrogens with one attached hydrogen (secondary N) is 1. The molecule has 5 heteroatoms. The van der Waals surface area contributed by atoms with Crippen molar-refractivity contribution < 1.29 is 14.7 Å². The number of amides is 2. The molecule has 0 aromatic carbocycles. The van der Waals surface area contributed by atoms with Gasteiger partial charge in [0.1, 0.15) is 6.54 Å². The Bertz CT molecular complexity index is 192. The fourth-order valence-corrected chi connectivity index (χ4v) is 0.917. The van der Waals surface area contributed by atoms with Gasteiger partial charge < -0.3 is 15.3 Å². The molecule has 0 atom stereocenters. The number of carboxylic acids is 1. The molecule has 0 aromatic heterocycles. The number of rotatable bonds is 4. The molecular weight excluding hydrogens is 172 g/mol. The summed E-state index contributed by atoms with van der Waals surface area (Å²) in [7, 11) is 1.64. The maximum absolute atomic E-state index is 11.1. The smallest absolute Gasteiger partial charge is 0.323 e. The quantitative estimate of drug-likeness (QED) is 0.669. The molecule has 76 valence electrons. The van der Waals surface area contributed by atoms with Crippen molar-refractivity contribution in [2.45, 2.75) is 13.8 Å². The maximum atomic E-state index is 11.1. The van der Waals surface area contributed by atoms with E-state index in [0.29, 0.717) is 12.5 Å². The average Bonchev–Trinajstić information content (AvgIpc) is 1.98. The van der Waals surface area contributed by atoms with Crippen LogP contribution in [0.25, 0.3) is 0 Å². The predicted octanol–water partition coefficient (Wildman–Crippen LogP) is 0.368. The molecule has 0 radical (unpaired) electrons. The van der Waals surface area contributed by atoms with E-state index in [1.54, 1.807) is 7.05 Å². The van der Waals surface area contributed by atoms with Crippen LogP contribution in [0.5, 0.6) is 0 Å². The van der Waals surface area contributed by atoms with Gasteiger partial charge in [0.2, 0.25) is 0 Å². The van der Waals surface area contributed by atoms with Crippen LogP contribution in [-0.4, -0.2) is 42.1 Å². The molecule has 0 saturated carbocycles. The summed E-state index contributed by atoms with van der Waals surface area (Å²) < 4.78 is 0. The zero-order valence-electron chi connectivity index (χ0n) is 8.20. The molecule has 2 amide bonds. The van der Waals surface area contributed by atoms with Crippen LogP contribution in [0, 0.1) is 5.92 Å². The summed E-state index contributed by atoms with van der Waals surface area (Å²) in [6.07, 6.45) is 0. The van der Waals surface area contributed by atoms with E-state index < -0.39 is 5.97 Å². The lowest BCUT2D eigenvalue weighted by atomic mass is 10.2. The normalized spacial score (nSPS) is 9.85. The van der Waals surface area contributed by atoms with Crippen LogP contribution < -0.4 is 5.32 Å². The Balaban J connectivity index is 3.76. The van der Waals surface area contributed by atoms with Gasteiger partial charge in [-0.05, 0) is 5.92 Å². The summed E-state index contributed by atoms with van der Waals surface area (Å²) in [6.45, 7) is 4.26. The molecule has 0 bridgehead atoms. The van der Waals surface area contributed by atoms with Crippen molar-refractivity contribution >= 4 is 12.0 Å². The molecule has 0 aliphatic carbocycles. The number of hydrogen-bond donors (Lipinski definition) is 2. The fraction of sp³-hybridized carbons (Fsp3) is 0.750. The van der Waals surface area contributed by atoms with Crippen LogP contribution in [0.4, 0.5) is 4.79 Å². The third-order valence-corrected chi connectivity index (χ3v) is 1.38. The molecule has 0 rings (SSSR count). The number of carbonyl (C=O) groups excluding carboxylic acids is 1. The molecule has 0 aromatic rings. The van der Waals surface area contributed by atoms with Gasteiger partial charge in [-0.25, -0.2) is 4.79 Å². The Hall–Kier alpha value is -1.26. The fourth-order valence-electron chi connectivity index (χ4n) is 0.917. The lowest BCUT2D eigenvalue weighted by Crippen LogP contribution is -2.41. The second kappa shape index (κ2) is 5.40. The third-order valence-electron chi connectivity index (χ3n) is 1.38. The van der Waals surface area contributed by atoms with Gasteiger partial charge in [0.05, 0.1) is 0 Å². The molecule has 2 N–H and O–H groups in total. The van der Waals surface area contributed by atoms with Gasteiger partial charge >= 0.3 is 12.0 Å². The number of nitrogens with zero attached hydrogens (tertiary/aromatic N) is 1. The monoisotopic (exact) mass is 188 g/mol. The first kappa shape index (κ1) is 11.7. The van der Waals surface area contributed by atoms with Crippen LogP contribution in [0.1, 0.15) is 13.8 Å². The minimum absolute atomic E-state index is 0.332. The van der Waals surface area contributed by atoms with Crippen LogP contribution in [0.2, 0.25) is 0 Å². The highest BCUT2D eigenvalue weighted by Gasteiger charge is 2.10. The van der Waals surface area contributed by atoms with Crippen molar-refractivity contribution in [1.29, 1.82) is 0 Å². The number of aliphatic carboxylic acids is 1. The van der Waals surface area contributed by atoms with Crippen LogP contribution in [0.3, 0.4) is 0 Å². The van der Waals surface area contributed by atoms with Gasteiger partial charge in [-0.2, -0.15) is 0 Å². The van der Waals surface area contributed by atoms with Crippen molar-refractivity contribution in [2.24, 2.45) is 5.92 Å². The molecule has 0 spiro atoms. The molecule has 0 aliphatic heterocycles. The van der Waals surface area contributed by atoms with Crippen molar-refractivity contribution in [2.75, 3.05) is 20.1 Å². The molecule has 0 unspecified atom stereocenters. The van der Waals surface area contributed by atoms with E-state index in [1.807, 2.05) is 13.8 Å². The molecule has 0 aliphatic rings. The Kier molecular flexibility index (Phi) is 4.87. The Morgan fingerprint density at radius 1 is 1.46 bits per heavy atom. The maximum Gasteiger partial charge on any atom is 0.323 e. The van der Waals surface area contributed by atoms with Crippen molar-refractivity contribution in [3.8, 4) is 0 Å². The zero-order chi connectivity index (χ0) is 10.4. The first-order valence-corrected chi connectivity index (χ1v) is 4.14. The summed E-state index contributed by atoms with van der Waals surface area (Å²) >= 11 is 0. The van der Waals surface area contributed by atoms with E-state index in [2.05, 4.69) is 5.32 Å². The molecule has 5 nitrogen and oxygen atoms in total. The third kappa shape index (κ3) is 5.95. The van der Waals surface area contributed by atoms with E-state index in [0.717, 1.165) is 0 Å². The summed E-state index contributed by atoms with van der Waals surface area (Å²) in [6, 6.07) is -0.351. The number of carboxylic acid groups (broad SMARTS) is 1. The van der Waals surface area contributed by atoms with Crippen molar-refractivity contribution in [3.63, 3.8) is 0 Å². The lowest BCUT2D eigenvalue weighted by Gasteiger charge is -2.19. The van der Waals surface area contributed by atoms with Gasteiger partial charge in [0.15, 0.2) is 0 Å². The second-order valence-electron chi connectivity index (χ2n) is 3.33. The lowest BCUT2D eigenvalue weighted by molar-refractivity contribution is -0.135. The molecule has 13 heavy (non-hydrogen) atoms. The van der Waals surface area contributed by atoms with Crippen molar-refractivity contribution in [3.05, 3.63) is 0 Å². The summed E-state index contributed by atoms with van der Waals surface area (Å²) in [5.74, 6) is -0.660. The second-order valence-corrected chi connectivity index (χ2v) is 3.33. The van der Waals surface area contributed by atoms with E-state index in [-0.39, 0.29) is 12.6 Å². The minimum Gasteiger partial charge on any atom is -0.480 e. The van der Waals surface area contributed by atoms with Gasteiger partial charge in [-0.15, -0.1) is 0 Å². The molecule has 0 saturated heterocycles. The standard InChI is InChI=1S/C8H16N2O3/c1-6(2)5-10(3)8(13)9-4-7(11)12/h6H,4-5H2,1-3H3,(H,9,13)(H,11,12). The topological polar surface area (TPSA) is 69.6 Å². The molecule has 0 fully saturated rings. The highest BCUT2D eigenvalue weighted by atomic mass is 16.4. The van der Waals surface area contributed by atoms with E-state index in [1.165, 1.54) is 4.90 Å². The Morgan fingerprint density at radius 2 is 2.00 bits per heavy atom. The number of urea groups is 1. The largest absolute Gasteiger partial charge is 0.480 e. The van der Waals surface area contributed by atoms with Crippen LogP contribution >= 0.6 is 0 Å². The molecule has 0 heterocycles. The first-order chi connectivity index (χ1) is 5.93.